The van der Waals surface area contributed by atoms with Crippen LogP contribution in [0, 0.1) is 5.92 Å². The van der Waals surface area contributed by atoms with E-state index >= 15 is 0 Å². The van der Waals surface area contributed by atoms with Crippen LogP contribution in [0.4, 0.5) is 4.79 Å². The van der Waals surface area contributed by atoms with Crippen LogP contribution in [0.3, 0.4) is 0 Å². The van der Waals surface area contributed by atoms with Gasteiger partial charge in [-0.3, -0.25) is 4.79 Å². The molecular formula is C13H23N3O4. The number of nitrogens with one attached hydrogen (secondary N) is 1. The zero-order chi connectivity index (χ0) is 15.3. The highest BCUT2D eigenvalue weighted by atomic mass is 16.4. The Labute approximate surface area is 118 Å². The van der Waals surface area contributed by atoms with Crippen LogP contribution in [0.15, 0.2) is 0 Å². The maximum absolute atomic E-state index is 12.1. The largest absolute Gasteiger partial charge is 0.480 e. The summed E-state index contributed by atoms with van der Waals surface area (Å²) < 4.78 is 0. The third kappa shape index (κ3) is 3.85. The molecule has 0 spiro atoms. The second kappa shape index (κ2) is 6.58. The van der Waals surface area contributed by atoms with Crippen LogP contribution in [-0.2, 0) is 9.59 Å². The van der Waals surface area contributed by atoms with Crippen LogP contribution in [0.1, 0.15) is 39.5 Å². The van der Waals surface area contributed by atoms with E-state index in [9.17, 15) is 19.5 Å². The number of carboxylic acids is 1. The monoisotopic (exact) mass is 285 g/mol. The van der Waals surface area contributed by atoms with E-state index in [0.717, 1.165) is 12.8 Å². The molecule has 0 aromatic carbocycles. The van der Waals surface area contributed by atoms with Gasteiger partial charge in [-0.2, -0.15) is 0 Å². The lowest BCUT2D eigenvalue weighted by Gasteiger charge is -2.37. The highest BCUT2D eigenvalue weighted by Crippen LogP contribution is 2.32. The number of urea groups is 1. The highest BCUT2D eigenvalue weighted by molar-refractivity contribution is 5.88. The second-order valence-corrected chi connectivity index (χ2v) is 5.48. The summed E-state index contributed by atoms with van der Waals surface area (Å²) in [7, 11) is 0. The molecule has 20 heavy (non-hydrogen) atoms. The number of rotatable bonds is 5. The Morgan fingerprint density at radius 3 is 2.30 bits per heavy atom. The van der Waals surface area contributed by atoms with Crippen molar-refractivity contribution in [3.8, 4) is 0 Å². The summed E-state index contributed by atoms with van der Waals surface area (Å²) in [6.45, 7) is 3.85. The number of hydrogen-bond acceptors (Lipinski definition) is 3. The van der Waals surface area contributed by atoms with E-state index in [2.05, 4.69) is 12.2 Å². The van der Waals surface area contributed by atoms with Gasteiger partial charge in [-0.15, -0.1) is 0 Å². The smallest absolute Gasteiger partial charge is 0.329 e. The Hall–Kier alpha value is -1.79. The summed E-state index contributed by atoms with van der Waals surface area (Å²) >= 11 is 0. The summed E-state index contributed by atoms with van der Waals surface area (Å²) in [5.74, 6) is -1.18. The molecular weight excluding hydrogens is 262 g/mol. The van der Waals surface area contributed by atoms with Crippen molar-refractivity contribution in [1.29, 1.82) is 0 Å². The van der Waals surface area contributed by atoms with Gasteiger partial charge >= 0.3 is 12.0 Å². The van der Waals surface area contributed by atoms with Crippen molar-refractivity contribution in [2.24, 2.45) is 11.7 Å². The average Bonchev–Trinajstić information content (AvgIpc) is 2.38. The fraction of sp³-hybridized carbons (Fsp3) is 0.769. The maximum atomic E-state index is 12.1. The molecule has 0 aromatic heterocycles. The van der Waals surface area contributed by atoms with Crippen LogP contribution in [-0.4, -0.2) is 46.5 Å². The number of hydrogen-bond donors (Lipinski definition) is 3. The first-order chi connectivity index (χ1) is 9.30. The van der Waals surface area contributed by atoms with E-state index in [0.29, 0.717) is 25.3 Å². The van der Waals surface area contributed by atoms with Crippen LogP contribution >= 0.6 is 0 Å². The third-order valence-corrected chi connectivity index (χ3v) is 3.90. The van der Waals surface area contributed by atoms with Crippen molar-refractivity contribution in [2.75, 3.05) is 13.1 Å². The fourth-order valence-corrected chi connectivity index (χ4v) is 2.45. The van der Waals surface area contributed by atoms with E-state index in [1.807, 2.05) is 0 Å². The third-order valence-electron chi connectivity index (χ3n) is 3.90. The van der Waals surface area contributed by atoms with Gasteiger partial charge in [0.2, 0.25) is 5.91 Å². The molecule has 7 heteroatoms. The normalized spacial score (nSPS) is 25.8. The predicted molar refractivity (Wildman–Crippen MR) is 73.0 cm³/mol. The van der Waals surface area contributed by atoms with Crippen molar-refractivity contribution in [3.63, 3.8) is 0 Å². The average molecular weight is 285 g/mol. The minimum Gasteiger partial charge on any atom is -0.480 e. The Morgan fingerprint density at radius 1 is 1.35 bits per heavy atom. The molecule has 1 saturated carbocycles. The number of amides is 3. The van der Waals surface area contributed by atoms with Crippen LogP contribution in [0.25, 0.3) is 0 Å². The topological polar surface area (TPSA) is 113 Å². The fourth-order valence-electron chi connectivity index (χ4n) is 2.45. The Morgan fingerprint density at radius 2 is 1.90 bits per heavy atom. The zero-order valence-electron chi connectivity index (χ0n) is 12.0. The molecule has 4 N–H and O–H groups in total. The van der Waals surface area contributed by atoms with Gasteiger partial charge in [0.25, 0.3) is 0 Å². The van der Waals surface area contributed by atoms with E-state index < -0.39 is 23.4 Å². The van der Waals surface area contributed by atoms with Gasteiger partial charge in [0.1, 0.15) is 12.1 Å². The lowest BCUT2D eigenvalue weighted by atomic mass is 9.77. The summed E-state index contributed by atoms with van der Waals surface area (Å²) in [4.78, 5) is 35.8. The van der Waals surface area contributed by atoms with Crippen LogP contribution < -0.4 is 11.1 Å². The zero-order valence-corrected chi connectivity index (χ0v) is 12.0. The molecule has 0 atom stereocenters. The van der Waals surface area contributed by atoms with Crippen LogP contribution in [0.2, 0.25) is 0 Å². The molecule has 7 nitrogen and oxygen atoms in total. The first kappa shape index (κ1) is 16.3. The van der Waals surface area contributed by atoms with E-state index in [-0.39, 0.29) is 6.54 Å². The van der Waals surface area contributed by atoms with E-state index in [4.69, 9.17) is 5.73 Å². The number of nitrogens with two attached hydrogens (primary N) is 1. The molecule has 1 fully saturated rings. The van der Waals surface area contributed by atoms with Crippen molar-refractivity contribution >= 4 is 17.9 Å². The maximum Gasteiger partial charge on any atom is 0.329 e. The molecule has 1 aliphatic rings. The first-order valence-electron chi connectivity index (χ1n) is 6.89. The van der Waals surface area contributed by atoms with Crippen molar-refractivity contribution in [3.05, 3.63) is 0 Å². The SMILES string of the molecule is CCN(CC(N)=O)C(=O)NC1(C(=O)O)CCC(C)CC1. The number of carboxylic acid groups (broad SMARTS) is 1. The van der Waals surface area contributed by atoms with Gasteiger partial charge in [0.15, 0.2) is 0 Å². The summed E-state index contributed by atoms with van der Waals surface area (Å²) in [6, 6.07) is -0.553. The van der Waals surface area contributed by atoms with Gasteiger partial charge in [0.05, 0.1) is 0 Å². The lowest BCUT2D eigenvalue weighted by Crippen LogP contribution is -2.59. The summed E-state index contributed by atoms with van der Waals surface area (Å²) in [6.07, 6.45) is 2.33. The van der Waals surface area contributed by atoms with E-state index in [1.165, 1.54) is 4.90 Å². The number of likely N-dealkylation sites (N-methyl/N-ethyl adjacent to an activating group) is 1. The highest BCUT2D eigenvalue weighted by Gasteiger charge is 2.43. The van der Waals surface area contributed by atoms with Gasteiger partial charge in [-0.1, -0.05) is 6.92 Å². The van der Waals surface area contributed by atoms with E-state index in [1.54, 1.807) is 6.92 Å². The number of nitrogens with zero attached hydrogens (tertiary/aromatic N) is 1. The van der Waals surface area contributed by atoms with Gasteiger partial charge in [-0.05, 0) is 38.5 Å². The van der Waals surface area contributed by atoms with Gasteiger partial charge < -0.3 is 21.1 Å². The molecule has 0 radical (unpaired) electrons. The Bertz CT molecular complexity index is 389. The standard InChI is InChI=1S/C13H23N3O4/c1-3-16(8-10(14)17)12(20)15-13(11(18)19)6-4-9(2)5-7-13/h9H,3-8H2,1-2H3,(H2,14,17)(H,15,20)(H,18,19). The van der Waals surface area contributed by atoms with Crippen molar-refractivity contribution in [2.45, 2.75) is 45.1 Å². The second-order valence-electron chi connectivity index (χ2n) is 5.48. The molecule has 114 valence electrons. The van der Waals surface area contributed by atoms with Gasteiger partial charge in [-0.25, -0.2) is 9.59 Å². The number of carbonyl (C=O) groups is 3. The number of primary amides is 1. The number of carbonyl (C=O) groups excluding carboxylic acids is 2. The minimum absolute atomic E-state index is 0.214. The molecule has 0 bridgehead atoms. The quantitative estimate of drug-likeness (QED) is 0.684. The molecule has 3 amide bonds. The van der Waals surface area contributed by atoms with Crippen molar-refractivity contribution in [1.82, 2.24) is 10.2 Å². The molecule has 0 aromatic rings. The molecule has 1 aliphatic carbocycles. The molecule has 1 rings (SSSR count). The molecule has 0 unspecified atom stereocenters. The first-order valence-corrected chi connectivity index (χ1v) is 6.89. The van der Waals surface area contributed by atoms with Crippen molar-refractivity contribution < 1.29 is 19.5 Å². The summed E-state index contributed by atoms with van der Waals surface area (Å²) in [5.41, 5.74) is 3.85. The summed E-state index contributed by atoms with van der Waals surface area (Å²) in [5, 5.41) is 12.0. The van der Waals surface area contributed by atoms with Gasteiger partial charge in [0, 0.05) is 6.54 Å². The van der Waals surface area contributed by atoms with Crippen LogP contribution in [0.5, 0.6) is 0 Å². The Balaban J connectivity index is 2.77. The minimum atomic E-state index is -1.23. The molecule has 0 heterocycles. The number of aliphatic carboxylic acids is 1. The lowest BCUT2D eigenvalue weighted by molar-refractivity contribution is -0.146. The molecule has 0 saturated heterocycles. The predicted octanol–water partition coefficient (Wildman–Crippen LogP) is 0.537. The Kier molecular flexibility index (Phi) is 5.35. The molecule has 0 aliphatic heterocycles.